The van der Waals surface area contributed by atoms with Crippen LogP contribution < -0.4 is 5.73 Å². The Hall–Kier alpha value is -0.200. The lowest BCUT2D eigenvalue weighted by atomic mass is 10.2. The summed E-state index contributed by atoms with van der Waals surface area (Å²) in [5.74, 6) is 0. The van der Waals surface area contributed by atoms with Gasteiger partial charge in [-0.3, -0.25) is 0 Å². The number of thiocyanates is 1. The third kappa shape index (κ3) is 18.2. The second-order valence-electron chi connectivity index (χ2n) is 1.68. The molecule has 0 aliphatic carbocycles. The van der Waals surface area contributed by atoms with Crippen molar-refractivity contribution in [3.8, 4) is 5.40 Å². The highest BCUT2D eigenvalue weighted by molar-refractivity contribution is 7.85. The second kappa shape index (κ2) is 10.7. The molecule has 0 heterocycles. The summed E-state index contributed by atoms with van der Waals surface area (Å²) in [5, 5.41) is 8.63. The Balaban J connectivity index is 0. The zero-order valence-corrected chi connectivity index (χ0v) is 6.86. The number of hydrogen-bond donors (Lipinski definition) is 2. The summed E-state index contributed by atoms with van der Waals surface area (Å²) in [7, 11) is 0. The van der Waals surface area contributed by atoms with Gasteiger partial charge in [0, 0.05) is 6.04 Å². The fourth-order valence-corrected chi connectivity index (χ4v) is 0.289. The first-order valence-corrected chi connectivity index (χ1v) is 3.46. The molecule has 2 nitrogen and oxygen atoms in total. The van der Waals surface area contributed by atoms with Crippen molar-refractivity contribution in [2.75, 3.05) is 0 Å². The van der Waals surface area contributed by atoms with E-state index in [0.29, 0.717) is 6.04 Å². The van der Waals surface area contributed by atoms with Crippen molar-refractivity contribution >= 4 is 12.6 Å². The maximum absolute atomic E-state index is 7.18. The molecule has 0 fully saturated rings. The number of thiol groups is 1. The summed E-state index contributed by atoms with van der Waals surface area (Å²) in [6, 6.07) is 0.435. The van der Waals surface area contributed by atoms with E-state index in [1.807, 2.05) is 0 Å². The number of nitrogens with two attached hydrogens (primary N) is 1. The van der Waals surface area contributed by atoms with Gasteiger partial charge in [-0.25, -0.2) is 0 Å². The van der Waals surface area contributed by atoms with Crippen LogP contribution in [-0.4, -0.2) is 6.04 Å². The molecule has 0 aromatic heterocycles. The Morgan fingerprint density at radius 3 is 1.78 bits per heavy atom. The molecule has 0 bridgehead atoms. The smallest absolute Gasteiger partial charge is 0.130 e. The first-order valence-electron chi connectivity index (χ1n) is 3.01. The molecule has 54 valence electrons. The van der Waals surface area contributed by atoms with Gasteiger partial charge in [-0.1, -0.05) is 26.5 Å². The zero-order valence-electron chi connectivity index (χ0n) is 5.96. The monoisotopic (exact) mass is 146 g/mol. The predicted molar refractivity (Wildman–Crippen MR) is 43.2 cm³/mol. The van der Waals surface area contributed by atoms with Gasteiger partial charge in [-0.15, -0.1) is 0 Å². The molecule has 0 radical (unpaired) electrons. The minimum atomic E-state index is 0.435. The van der Waals surface area contributed by atoms with E-state index in [4.69, 9.17) is 11.0 Å². The van der Waals surface area contributed by atoms with Crippen LogP contribution in [0.1, 0.15) is 26.7 Å². The molecule has 2 N–H and O–H groups in total. The van der Waals surface area contributed by atoms with Crippen molar-refractivity contribution in [1.82, 2.24) is 0 Å². The highest BCUT2D eigenvalue weighted by atomic mass is 32.1. The van der Waals surface area contributed by atoms with Crippen LogP contribution in [0.5, 0.6) is 0 Å². The number of rotatable bonds is 2. The Kier molecular flexibility index (Phi) is 13.8. The average molecular weight is 146 g/mol. The van der Waals surface area contributed by atoms with Crippen LogP contribution in [0.3, 0.4) is 0 Å². The van der Waals surface area contributed by atoms with E-state index in [9.17, 15) is 0 Å². The predicted octanol–water partition coefficient (Wildman–Crippen LogP) is 1.53. The number of nitriles is 1. The molecule has 0 aromatic carbocycles. The number of hydrogen-bond acceptors (Lipinski definition) is 3. The molecule has 0 aromatic rings. The first-order chi connectivity index (χ1) is 4.22. The lowest BCUT2D eigenvalue weighted by molar-refractivity contribution is 0.629. The molecule has 0 rings (SSSR count). The third-order valence-corrected chi connectivity index (χ3v) is 1.05. The number of nitrogens with zero attached hydrogens (tertiary/aromatic N) is 1. The van der Waals surface area contributed by atoms with E-state index < -0.39 is 0 Å². The van der Waals surface area contributed by atoms with Crippen LogP contribution in [0.4, 0.5) is 0 Å². The molecule has 0 atom stereocenters. The van der Waals surface area contributed by atoms with Gasteiger partial charge in [-0.05, 0) is 12.8 Å². The summed E-state index contributed by atoms with van der Waals surface area (Å²) in [6.07, 6.45) is 2.22. The SMILES string of the molecule is CCC(N)CC.N#CS. The van der Waals surface area contributed by atoms with E-state index in [1.54, 1.807) is 0 Å². The lowest BCUT2D eigenvalue weighted by Crippen LogP contribution is -2.16. The van der Waals surface area contributed by atoms with Crippen molar-refractivity contribution in [2.45, 2.75) is 32.7 Å². The van der Waals surface area contributed by atoms with Gasteiger partial charge in [0.1, 0.15) is 5.40 Å². The second-order valence-corrected chi connectivity index (χ2v) is 1.88. The quantitative estimate of drug-likeness (QED) is 0.458. The van der Waals surface area contributed by atoms with Crippen molar-refractivity contribution in [3.05, 3.63) is 0 Å². The van der Waals surface area contributed by atoms with E-state index in [0.717, 1.165) is 12.8 Å². The maximum Gasteiger partial charge on any atom is 0.130 e. The third-order valence-electron chi connectivity index (χ3n) is 1.05. The largest absolute Gasteiger partial charge is 0.328 e. The van der Waals surface area contributed by atoms with Crippen LogP contribution in [0, 0.1) is 10.7 Å². The fourth-order valence-electron chi connectivity index (χ4n) is 0.289. The molecule has 0 amide bonds. The summed E-state index contributed by atoms with van der Waals surface area (Å²) in [5.41, 5.74) is 5.47. The van der Waals surface area contributed by atoms with E-state index >= 15 is 0 Å². The summed E-state index contributed by atoms with van der Waals surface area (Å²) < 4.78 is 0. The Morgan fingerprint density at radius 2 is 1.78 bits per heavy atom. The highest BCUT2D eigenvalue weighted by Crippen LogP contribution is 1.88. The summed E-state index contributed by atoms with van der Waals surface area (Å²) >= 11 is 3.09. The molecule has 0 saturated heterocycles. The van der Waals surface area contributed by atoms with Crippen molar-refractivity contribution in [1.29, 1.82) is 5.26 Å². The van der Waals surface area contributed by atoms with Crippen molar-refractivity contribution in [3.63, 3.8) is 0 Å². The van der Waals surface area contributed by atoms with E-state index in [2.05, 4.69) is 26.5 Å². The van der Waals surface area contributed by atoms with Gasteiger partial charge in [0.2, 0.25) is 0 Å². The van der Waals surface area contributed by atoms with Gasteiger partial charge in [0.25, 0.3) is 0 Å². The maximum atomic E-state index is 7.18. The van der Waals surface area contributed by atoms with Crippen LogP contribution in [0.2, 0.25) is 0 Å². The van der Waals surface area contributed by atoms with Gasteiger partial charge in [-0.2, -0.15) is 5.26 Å². The normalized spacial score (nSPS) is 7.56. The van der Waals surface area contributed by atoms with E-state index in [-0.39, 0.29) is 0 Å². The Morgan fingerprint density at radius 1 is 1.56 bits per heavy atom. The summed E-state index contributed by atoms with van der Waals surface area (Å²) in [6.45, 7) is 4.21. The van der Waals surface area contributed by atoms with Crippen LogP contribution in [-0.2, 0) is 0 Å². The minimum absolute atomic E-state index is 0.435. The molecule has 3 heteroatoms. The molecular weight excluding hydrogens is 132 g/mol. The van der Waals surface area contributed by atoms with Gasteiger partial charge in [0.15, 0.2) is 0 Å². The molecular formula is C6H14N2S. The Labute approximate surface area is 62.5 Å². The first kappa shape index (κ1) is 11.6. The van der Waals surface area contributed by atoms with Crippen LogP contribution in [0.25, 0.3) is 0 Å². The van der Waals surface area contributed by atoms with Gasteiger partial charge in [0.05, 0.1) is 0 Å². The van der Waals surface area contributed by atoms with Gasteiger partial charge < -0.3 is 5.73 Å². The molecule has 0 spiro atoms. The zero-order chi connectivity index (χ0) is 7.70. The minimum Gasteiger partial charge on any atom is -0.328 e. The molecule has 0 unspecified atom stereocenters. The van der Waals surface area contributed by atoms with E-state index in [1.165, 1.54) is 5.40 Å². The van der Waals surface area contributed by atoms with Crippen LogP contribution >= 0.6 is 12.6 Å². The molecule has 0 aliphatic heterocycles. The average Bonchev–Trinajstić information content (AvgIpc) is 1.88. The Bertz CT molecular complexity index is 73.6. The lowest BCUT2D eigenvalue weighted by Gasteiger charge is -1.99. The van der Waals surface area contributed by atoms with Crippen molar-refractivity contribution in [2.24, 2.45) is 5.73 Å². The van der Waals surface area contributed by atoms with Gasteiger partial charge >= 0.3 is 0 Å². The fraction of sp³-hybridized carbons (Fsp3) is 0.833. The molecule has 9 heavy (non-hydrogen) atoms. The topological polar surface area (TPSA) is 49.8 Å². The van der Waals surface area contributed by atoms with Crippen molar-refractivity contribution < 1.29 is 0 Å². The standard InChI is InChI=1S/C5H13N.CHNS/c1-3-5(6)4-2;2-1-3/h5H,3-4,6H2,1-2H3;3H. The summed E-state index contributed by atoms with van der Waals surface area (Å²) in [4.78, 5) is 0. The molecule has 0 aliphatic rings. The highest BCUT2D eigenvalue weighted by Gasteiger charge is 1.88. The molecule has 0 saturated carbocycles. The van der Waals surface area contributed by atoms with Crippen LogP contribution in [0.15, 0.2) is 0 Å².